The van der Waals surface area contributed by atoms with Gasteiger partial charge >= 0.3 is 0 Å². The molecule has 24 heavy (non-hydrogen) atoms. The van der Waals surface area contributed by atoms with Crippen molar-refractivity contribution in [2.75, 3.05) is 50.2 Å². The van der Waals surface area contributed by atoms with Crippen LogP contribution in [-0.4, -0.2) is 52.2 Å². The molecular weight excluding hydrogens is 306 g/mol. The Hall–Kier alpha value is -2.08. The fourth-order valence-corrected chi connectivity index (χ4v) is 2.79. The maximum Gasteiger partial charge on any atom is 0.223 e. The lowest BCUT2D eigenvalue weighted by Crippen LogP contribution is -2.40. The summed E-state index contributed by atoms with van der Waals surface area (Å²) in [6.45, 7) is 3.75. The van der Waals surface area contributed by atoms with Gasteiger partial charge in [-0.3, -0.25) is 9.59 Å². The molecule has 1 aliphatic heterocycles. The normalized spacial score (nSPS) is 15.0. The molecule has 0 spiro atoms. The highest BCUT2D eigenvalue weighted by atomic mass is 16.5. The second-order valence-electron chi connectivity index (χ2n) is 6.26. The first-order chi connectivity index (χ1) is 11.5. The lowest BCUT2D eigenvalue weighted by molar-refractivity contribution is -0.127. The standard InChI is InChI=1S/C18H27N3O3/c1-14(22)21(17-6-4-16(5-7-17)20(2)3)11-10-19-18(23)15-8-12-24-13-9-15/h4-7,15H,8-13H2,1-3H3,(H,19,23). The maximum absolute atomic E-state index is 12.1. The van der Waals surface area contributed by atoms with Gasteiger partial charge < -0.3 is 19.9 Å². The minimum atomic E-state index is -0.0343. The van der Waals surface area contributed by atoms with Crippen LogP contribution in [0.3, 0.4) is 0 Å². The molecule has 1 aromatic carbocycles. The van der Waals surface area contributed by atoms with Gasteiger partial charge in [0.25, 0.3) is 0 Å². The summed E-state index contributed by atoms with van der Waals surface area (Å²) >= 11 is 0. The molecule has 6 heteroatoms. The predicted molar refractivity (Wildman–Crippen MR) is 95.3 cm³/mol. The van der Waals surface area contributed by atoms with E-state index in [1.165, 1.54) is 0 Å². The summed E-state index contributed by atoms with van der Waals surface area (Å²) < 4.78 is 5.27. The van der Waals surface area contributed by atoms with Crippen molar-refractivity contribution in [3.05, 3.63) is 24.3 Å². The van der Waals surface area contributed by atoms with E-state index < -0.39 is 0 Å². The number of carbonyl (C=O) groups is 2. The van der Waals surface area contributed by atoms with Gasteiger partial charge in [0, 0.05) is 64.6 Å². The molecule has 1 fully saturated rings. The summed E-state index contributed by atoms with van der Waals surface area (Å²) in [4.78, 5) is 27.8. The first-order valence-electron chi connectivity index (χ1n) is 8.40. The van der Waals surface area contributed by atoms with E-state index in [2.05, 4.69) is 5.32 Å². The van der Waals surface area contributed by atoms with Gasteiger partial charge in [-0.1, -0.05) is 0 Å². The zero-order chi connectivity index (χ0) is 17.5. The molecule has 0 unspecified atom stereocenters. The molecule has 132 valence electrons. The Bertz CT molecular complexity index is 551. The van der Waals surface area contributed by atoms with Crippen molar-refractivity contribution in [3.63, 3.8) is 0 Å². The van der Waals surface area contributed by atoms with Crippen molar-refractivity contribution in [1.82, 2.24) is 5.32 Å². The molecule has 0 saturated carbocycles. The zero-order valence-corrected chi connectivity index (χ0v) is 14.7. The number of nitrogens with one attached hydrogen (secondary N) is 1. The van der Waals surface area contributed by atoms with Crippen molar-refractivity contribution >= 4 is 23.2 Å². The minimum absolute atomic E-state index is 0.0314. The number of carbonyl (C=O) groups excluding carboxylic acids is 2. The van der Waals surface area contributed by atoms with Crippen LogP contribution in [0, 0.1) is 5.92 Å². The Balaban J connectivity index is 1.89. The Morgan fingerprint density at radius 1 is 1.12 bits per heavy atom. The summed E-state index contributed by atoms with van der Waals surface area (Å²) in [7, 11) is 3.95. The van der Waals surface area contributed by atoms with Crippen molar-refractivity contribution in [2.45, 2.75) is 19.8 Å². The van der Waals surface area contributed by atoms with E-state index in [0.717, 1.165) is 24.2 Å². The number of anilines is 2. The number of hydrogen-bond acceptors (Lipinski definition) is 4. The fourth-order valence-electron chi connectivity index (χ4n) is 2.79. The van der Waals surface area contributed by atoms with Crippen molar-refractivity contribution in [2.24, 2.45) is 5.92 Å². The molecule has 1 heterocycles. The van der Waals surface area contributed by atoms with Crippen LogP contribution >= 0.6 is 0 Å². The van der Waals surface area contributed by atoms with Crippen LogP contribution in [0.5, 0.6) is 0 Å². The molecule has 2 amide bonds. The monoisotopic (exact) mass is 333 g/mol. The van der Waals surface area contributed by atoms with Crippen molar-refractivity contribution in [3.8, 4) is 0 Å². The summed E-state index contributed by atoms with van der Waals surface area (Å²) in [6.07, 6.45) is 1.54. The number of hydrogen-bond donors (Lipinski definition) is 1. The van der Waals surface area contributed by atoms with Crippen molar-refractivity contribution < 1.29 is 14.3 Å². The van der Waals surface area contributed by atoms with E-state index in [9.17, 15) is 9.59 Å². The molecule has 0 aliphatic carbocycles. The molecule has 0 aromatic heterocycles. The molecule has 1 aliphatic rings. The third-order valence-corrected chi connectivity index (χ3v) is 4.28. The Kier molecular flexibility index (Phi) is 6.61. The molecule has 2 rings (SSSR count). The summed E-state index contributed by atoms with van der Waals surface area (Å²) in [5, 5.41) is 2.94. The Morgan fingerprint density at radius 2 is 1.71 bits per heavy atom. The van der Waals surface area contributed by atoms with Gasteiger partial charge in [0.15, 0.2) is 0 Å². The SMILES string of the molecule is CC(=O)N(CCNC(=O)C1CCOCC1)c1ccc(N(C)C)cc1. The molecule has 6 nitrogen and oxygen atoms in total. The topological polar surface area (TPSA) is 61.9 Å². The van der Waals surface area contributed by atoms with Gasteiger partial charge in [0.1, 0.15) is 0 Å². The first-order valence-corrected chi connectivity index (χ1v) is 8.40. The van der Waals surface area contributed by atoms with Crippen LogP contribution in [0.1, 0.15) is 19.8 Å². The van der Waals surface area contributed by atoms with E-state index in [1.54, 1.807) is 11.8 Å². The molecule has 1 saturated heterocycles. The molecule has 1 aromatic rings. The number of benzene rings is 1. The van der Waals surface area contributed by atoms with E-state index in [4.69, 9.17) is 4.74 Å². The Labute approximate surface area is 143 Å². The maximum atomic E-state index is 12.1. The van der Waals surface area contributed by atoms with Crippen LogP contribution in [-0.2, 0) is 14.3 Å². The summed E-state index contributed by atoms with van der Waals surface area (Å²) in [5.74, 6) is 0.0570. The molecule has 0 radical (unpaired) electrons. The molecule has 1 N–H and O–H groups in total. The van der Waals surface area contributed by atoms with Crippen LogP contribution < -0.4 is 15.1 Å². The third kappa shape index (κ3) is 4.96. The third-order valence-electron chi connectivity index (χ3n) is 4.28. The van der Waals surface area contributed by atoms with Crippen LogP contribution in [0.2, 0.25) is 0 Å². The van der Waals surface area contributed by atoms with E-state index in [-0.39, 0.29) is 17.7 Å². The smallest absolute Gasteiger partial charge is 0.223 e. The summed E-state index contributed by atoms with van der Waals surface area (Å²) in [6, 6.07) is 7.81. The van der Waals surface area contributed by atoms with Crippen LogP contribution in [0.15, 0.2) is 24.3 Å². The second kappa shape index (κ2) is 8.68. The fraction of sp³-hybridized carbons (Fsp3) is 0.556. The van der Waals surface area contributed by atoms with E-state index >= 15 is 0 Å². The van der Waals surface area contributed by atoms with E-state index in [0.29, 0.717) is 26.3 Å². The average Bonchev–Trinajstić information content (AvgIpc) is 2.59. The van der Waals surface area contributed by atoms with Gasteiger partial charge in [-0.2, -0.15) is 0 Å². The van der Waals surface area contributed by atoms with Gasteiger partial charge in [-0.25, -0.2) is 0 Å². The quantitative estimate of drug-likeness (QED) is 0.860. The van der Waals surface area contributed by atoms with Crippen LogP contribution in [0.25, 0.3) is 0 Å². The van der Waals surface area contributed by atoms with Gasteiger partial charge in [-0.15, -0.1) is 0 Å². The molecular formula is C18H27N3O3. The lowest BCUT2D eigenvalue weighted by atomic mass is 9.99. The Morgan fingerprint density at radius 3 is 2.25 bits per heavy atom. The van der Waals surface area contributed by atoms with E-state index in [1.807, 2.05) is 43.3 Å². The molecule has 0 atom stereocenters. The lowest BCUT2D eigenvalue weighted by Gasteiger charge is -2.24. The number of amides is 2. The molecule has 0 bridgehead atoms. The van der Waals surface area contributed by atoms with Gasteiger partial charge in [0.2, 0.25) is 11.8 Å². The zero-order valence-electron chi connectivity index (χ0n) is 14.7. The van der Waals surface area contributed by atoms with Gasteiger partial charge in [0.05, 0.1) is 0 Å². The first kappa shape index (κ1) is 18.3. The minimum Gasteiger partial charge on any atom is -0.381 e. The largest absolute Gasteiger partial charge is 0.381 e. The second-order valence-corrected chi connectivity index (χ2v) is 6.26. The summed E-state index contributed by atoms with van der Waals surface area (Å²) in [5.41, 5.74) is 1.92. The van der Waals surface area contributed by atoms with Crippen LogP contribution in [0.4, 0.5) is 11.4 Å². The highest BCUT2D eigenvalue weighted by molar-refractivity contribution is 5.91. The average molecular weight is 333 g/mol. The van der Waals surface area contributed by atoms with Crippen molar-refractivity contribution in [1.29, 1.82) is 0 Å². The highest BCUT2D eigenvalue weighted by Gasteiger charge is 2.21. The number of rotatable bonds is 6. The highest BCUT2D eigenvalue weighted by Crippen LogP contribution is 2.19. The number of ether oxygens (including phenoxy) is 1. The van der Waals surface area contributed by atoms with Gasteiger partial charge in [-0.05, 0) is 37.1 Å². The predicted octanol–water partition coefficient (Wildman–Crippen LogP) is 1.65. The number of nitrogens with zero attached hydrogens (tertiary/aromatic N) is 2.